The summed E-state index contributed by atoms with van der Waals surface area (Å²) in [6.45, 7) is -2.82. The molecular weight excluding hydrogens is 342 g/mol. The van der Waals surface area contributed by atoms with E-state index in [1.165, 1.54) is 23.3 Å². The van der Waals surface area contributed by atoms with Gasteiger partial charge in [-0.25, -0.2) is 0 Å². The Morgan fingerprint density at radius 1 is 1.20 bits per heavy atom. The van der Waals surface area contributed by atoms with Crippen LogP contribution in [0.2, 0.25) is 0 Å². The number of thiocarbonyl (C=S) groups is 1. The number of anilines is 1. The van der Waals surface area contributed by atoms with Crippen molar-refractivity contribution in [2.24, 2.45) is 0 Å². The molecule has 3 rings (SSSR count). The van der Waals surface area contributed by atoms with E-state index in [1.54, 1.807) is 12.1 Å². The summed E-state index contributed by atoms with van der Waals surface area (Å²) >= 11 is 5.53. The molecule has 0 heterocycles. The fraction of sp³-hybridized carbons (Fsp3) is 0.316. The van der Waals surface area contributed by atoms with Gasteiger partial charge in [-0.2, -0.15) is 8.78 Å². The van der Waals surface area contributed by atoms with Crippen LogP contribution in [-0.4, -0.2) is 23.7 Å². The molecule has 6 heteroatoms. The molecule has 132 valence electrons. The molecule has 0 amide bonds. The third-order valence-corrected chi connectivity index (χ3v) is 4.85. The number of nitrogens with zero attached hydrogens (tertiary/aromatic N) is 1. The summed E-state index contributed by atoms with van der Waals surface area (Å²) in [5, 5.41) is 3.77. The predicted molar refractivity (Wildman–Crippen MR) is 99.2 cm³/mol. The molecule has 0 bridgehead atoms. The zero-order valence-electron chi connectivity index (χ0n) is 13.9. The molecule has 0 aliphatic heterocycles. The monoisotopic (exact) mass is 362 g/mol. The number of hydrogen-bond donors (Lipinski definition) is 1. The van der Waals surface area contributed by atoms with Crippen molar-refractivity contribution in [3.63, 3.8) is 0 Å². The van der Waals surface area contributed by atoms with Crippen LogP contribution in [0.1, 0.15) is 30.0 Å². The Morgan fingerprint density at radius 3 is 2.64 bits per heavy atom. The van der Waals surface area contributed by atoms with Crippen molar-refractivity contribution in [1.29, 1.82) is 0 Å². The second-order valence-electron chi connectivity index (χ2n) is 6.05. The standard InChI is InChI=1S/C19H20F2N2OS/c1-23(17-8-4-6-13-5-2-3-7-16(13)17)19(25)22-14-9-11-15(12-10-14)24-18(20)21/h2-3,5,7,9-12,17-18H,4,6,8H2,1H3,(H,22,25)/t17-/m0/s1. The molecule has 0 radical (unpaired) electrons. The average molecular weight is 362 g/mol. The van der Waals surface area contributed by atoms with E-state index in [4.69, 9.17) is 12.2 Å². The molecule has 0 spiro atoms. The minimum absolute atomic E-state index is 0.126. The Labute approximate surface area is 151 Å². The first kappa shape index (κ1) is 17.6. The summed E-state index contributed by atoms with van der Waals surface area (Å²) < 4.78 is 28.7. The highest BCUT2D eigenvalue weighted by Gasteiger charge is 2.24. The molecule has 25 heavy (non-hydrogen) atoms. The molecule has 0 aromatic heterocycles. The molecule has 0 fully saturated rings. The van der Waals surface area contributed by atoms with Crippen LogP contribution in [0, 0.1) is 0 Å². The molecule has 1 N–H and O–H groups in total. The van der Waals surface area contributed by atoms with Gasteiger partial charge in [-0.05, 0) is 66.9 Å². The third-order valence-electron chi connectivity index (χ3n) is 4.46. The summed E-state index contributed by atoms with van der Waals surface area (Å²) in [6, 6.07) is 15.0. The Bertz CT molecular complexity index is 736. The van der Waals surface area contributed by atoms with Crippen molar-refractivity contribution in [3.8, 4) is 5.75 Å². The molecule has 0 saturated heterocycles. The lowest BCUT2D eigenvalue weighted by molar-refractivity contribution is -0.0498. The SMILES string of the molecule is CN(C(=S)Nc1ccc(OC(F)F)cc1)[C@H]1CCCc2ccccc21. The predicted octanol–water partition coefficient (Wildman–Crippen LogP) is 4.99. The third kappa shape index (κ3) is 4.25. The van der Waals surface area contributed by atoms with E-state index in [2.05, 4.69) is 39.2 Å². The normalized spacial score (nSPS) is 16.2. The van der Waals surface area contributed by atoms with Crippen molar-refractivity contribution < 1.29 is 13.5 Å². The molecule has 1 aliphatic carbocycles. The number of nitrogens with one attached hydrogen (secondary N) is 1. The first-order chi connectivity index (χ1) is 12.0. The molecular formula is C19H20F2N2OS. The van der Waals surface area contributed by atoms with Gasteiger partial charge in [0.25, 0.3) is 0 Å². The van der Waals surface area contributed by atoms with Crippen LogP contribution in [0.15, 0.2) is 48.5 Å². The van der Waals surface area contributed by atoms with E-state index in [9.17, 15) is 8.78 Å². The van der Waals surface area contributed by atoms with Gasteiger partial charge in [0, 0.05) is 12.7 Å². The first-order valence-electron chi connectivity index (χ1n) is 8.21. The second kappa shape index (κ2) is 7.78. The molecule has 1 atom stereocenters. The van der Waals surface area contributed by atoms with Gasteiger partial charge in [-0.1, -0.05) is 24.3 Å². The average Bonchev–Trinajstić information content (AvgIpc) is 2.62. The van der Waals surface area contributed by atoms with Gasteiger partial charge in [0.15, 0.2) is 5.11 Å². The summed E-state index contributed by atoms with van der Waals surface area (Å²) in [7, 11) is 1.98. The summed E-state index contributed by atoms with van der Waals surface area (Å²) in [5.41, 5.74) is 3.44. The molecule has 2 aromatic carbocycles. The highest BCUT2D eigenvalue weighted by Crippen LogP contribution is 2.33. The number of ether oxygens (including phenoxy) is 1. The summed E-state index contributed by atoms with van der Waals surface area (Å²) in [5.74, 6) is 0.126. The van der Waals surface area contributed by atoms with E-state index in [1.807, 2.05) is 7.05 Å². The van der Waals surface area contributed by atoms with E-state index >= 15 is 0 Å². The van der Waals surface area contributed by atoms with Crippen LogP contribution in [0.25, 0.3) is 0 Å². The van der Waals surface area contributed by atoms with Gasteiger partial charge >= 0.3 is 6.61 Å². The second-order valence-corrected chi connectivity index (χ2v) is 6.44. The first-order valence-corrected chi connectivity index (χ1v) is 8.62. The number of alkyl halides is 2. The Hall–Kier alpha value is -2.21. The van der Waals surface area contributed by atoms with Crippen molar-refractivity contribution in [1.82, 2.24) is 4.90 Å². The minimum Gasteiger partial charge on any atom is -0.435 e. The van der Waals surface area contributed by atoms with E-state index in [0.717, 1.165) is 24.9 Å². The summed E-state index contributed by atoms with van der Waals surface area (Å²) in [4.78, 5) is 2.07. The number of halogens is 2. The van der Waals surface area contributed by atoms with Crippen LogP contribution >= 0.6 is 12.2 Å². The maximum absolute atomic E-state index is 12.2. The lowest BCUT2D eigenvalue weighted by Crippen LogP contribution is -2.36. The van der Waals surface area contributed by atoms with Gasteiger partial charge in [-0.15, -0.1) is 0 Å². The van der Waals surface area contributed by atoms with Crippen LogP contribution in [0.5, 0.6) is 5.75 Å². The van der Waals surface area contributed by atoms with Crippen molar-refractivity contribution >= 4 is 23.0 Å². The summed E-state index contributed by atoms with van der Waals surface area (Å²) in [6.07, 6.45) is 3.29. The quantitative estimate of drug-likeness (QED) is 0.774. The lowest BCUT2D eigenvalue weighted by Gasteiger charge is -2.35. The van der Waals surface area contributed by atoms with E-state index in [0.29, 0.717) is 5.11 Å². The number of fused-ring (bicyclic) bond motifs is 1. The highest BCUT2D eigenvalue weighted by molar-refractivity contribution is 7.80. The van der Waals surface area contributed by atoms with Crippen molar-refractivity contribution in [2.75, 3.05) is 12.4 Å². The van der Waals surface area contributed by atoms with Crippen LogP contribution in [0.3, 0.4) is 0 Å². The van der Waals surface area contributed by atoms with Crippen LogP contribution in [0.4, 0.5) is 14.5 Å². The van der Waals surface area contributed by atoms with Gasteiger partial charge in [0.2, 0.25) is 0 Å². The largest absolute Gasteiger partial charge is 0.435 e. The van der Waals surface area contributed by atoms with Gasteiger partial charge in [0.05, 0.1) is 6.04 Å². The highest BCUT2D eigenvalue weighted by atomic mass is 32.1. The van der Waals surface area contributed by atoms with Gasteiger partial charge in [0.1, 0.15) is 5.75 Å². The Kier molecular flexibility index (Phi) is 5.48. The zero-order chi connectivity index (χ0) is 17.8. The maximum atomic E-state index is 12.2. The van der Waals surface area contributed by atoms with Gasteiger partial charge < -0.3 is 15.0 Å². The van der Waals surface area contributed by atoms with E-state index < -0.39 is 6.61 Å². The zero-order valence-corrected chi connectivity index (χ0v) is 14.7. The van der Waals surface area contributed by atoms with Crippen LogP contribution < -0.4 is 10.1 Å². The number of benzene rings is 2. The number of aryl methyl sites for hydroxylation is 1. The molecule has 0 unspecified atom stereocenters. The smallest absolute Gasteiger partial charge is 0.387 e. The topological polar surface area (TPSA) is 24.5 Å². The fourth-order valence-corrected chi connectivity index (χ4v) is 3.45. The Balaban J connectivity index is 1.67. The number of hydrogen-bond acceptors (Lipinski definition) is 2. The maximum Gasteiger partial charge on any atom is 0.387 e. The van der Waals surface area contributed by atoms with Crippen molar-refractivity contribution in [3.05, 3.63) is 59.7 Å². The van der Waals surface area contributed by atoms with Gasteiger partial charge in [-0.3, -0.25) is 0 Å². The minimum atomic E-state index is -2.82. The number of rotatable bonds is 4. The Morgan fingerprint density at radius 2 is 1.92 bits per heavy atom. The van der Waals surface area contributed by atoms with Crippen LogP contribution in [-0.2, 0) is 6.42 Å². The molecule has 3 nitrogen and oxygen atoms in total. The van der Waals surface area contributed by atoms with E-state index in [-0.39, 0.29) is 11.8 Å². The molecule has 0 saturated carbocycles. The lowest BCUT2D eigenvalue weighted by atomic mass is 9.87. The fourth-order valence-electron chi connectivity index (χ4n) is 3.20. The molecule has 2 aromatic rings. The molecule has 1 aliphatic rings. The van der Waals surface area contributed by atoms with Crippen molar-refractivity contribution in [2.45, 2.75) is 31.9 Å².